The van der Waals surface area contributed by atoms with Crippen LogP contribution in [-0.4, -0.2) is 66.7 Å². The number of rotatable bonds is 8. The maximum Gasteiger partial charge on any atom is 0.246 e. The molecule has 1 amide bonds. The van der Waals surface area contributed by atoms with E-state index in [-0.39, 0.29) is 5.91 Å². The second-order valence-electron chi connectivity index (χ2n) is 9.87. The Morgan fingerprint density at radius 1 is 1.05 bits per heavy atom. The highest BCUT2D eigenvalue weighted by molar-refractivity contribution is 5.87. The quantitative estimate of drug-likeness (QED) is 0.285. The first-order chi connectivity index (χ1) is 19.6. The Kier molecular flexibility index (Phi) is 7.11. The molecule has 11 heteroatoms. The molecular weight excluding hydrogens is 506 g/mol. The molecule has 0 spiro atoms. The van der Waals surface area contributed by atoms with Gasteiger partial charge in [-0.2, -0.15) is 10.2 Å². The van der Waals surface area contributed by atoms with Crippen LogP contribution in [0.4, 0.5) is 11.5 Å². The van der Waals surface area contributed by atoms with Crippen molar-refractivity contribution < 1.29 is 9.53 Å². The number of likely N-dealkylation sites (tertiary alicyclic amines) is 1. The number of likely N-dealkylation sites (N-methyl/N-ethyl adjacent to an activating group) is 1. The minimum absolute atomic E-state index is 0.0722. The summed E-state index contributed by atoms with van der Waals surface area (Å²) in [5, 5.41) is 15.1. The van der Waals surface area contributed by atoms with Crippen molar-refractivity contribution in [3.8, 4) is 11.5 Å². The summed E-state index contributed by atoms with van der Waals surface area (Å²) in [6.45, 7) is 4.15. The predicted octanol–water partition coefficient (Wildman–Crippen LogP) is 4.10. The second kappa shape index (κ2) is 11.1. The van der Waals surface area contributed by atoms with Crippen molar-refractivity contribution in [2.24, 2.45) is 0 Å². The van der Waals surface area contributed by atoms with E-state index in [2.05, 4.69) is 36.9 Å². The van der Waals surface area contributed by atoms with Gasteiger partial charge in [0.25, 0.3) is 0 Å². The van der Waals surface area contributed by atoms with Crippen molar-refractivity contribution >= 4 is 28.6 Å². The van der Waals surface area contributed by atoms with Crippen molar-refractivity contribution in [3.05, 3.63) is 84.7 Å². The molecule has 2 N–H and O–H groups in total. The third-order valence-electron chi connectivity index (χ3n) is 7.23. The maximum absolute atomic E-state index is 12.5. The van der Waals surface area contributed by atoms with Gasteiger partial charge in [0.1, 0.15) is 29.7 Å². The van der Waals surface area contributed by atoms with Gasteiger partial charge < -0.3 is 20.3 Å². The van der Waals surface area contributed by atoms with Gasteiger partial charge in [-0.25, -0.2) is 19.0 Å². The van der Waals surface area contributed by atoms with Crippen LogP contribution in [0, 0.1) is 6.92 Å². The Balaban J connectivity index is 1.18. The lowest BCUT2D eigenvalue weighted by Gasteiger charge is -2.31. The zero-order valence-corrected chi connectivity index (χ0v) is 22.5. The third kappa shape index (κ3) is 5.23. The number of piperidine rings is 1. The molecule has 11 nitrogen and oxygen atoms in total. The van der Waals surface area contributed by atoms with Crippen molar-refractivity contribution in [1.29, 1.82) is 0 Å². The van der Waals surface area contributed by atoms with Crippen LogP contribution in [0.2, 0.25) is 0 Å². The number of hydrogen-bond acceptors (Lipinski definition) is 8. The van der Waals surface area contributed by atoms with Gasteiger partial charge in [-0.3, -0.25) is 4.79 Å². The summed E-state index contributed by atoms with van der Waals surface area (Å²) in [7, 11) is 1.86. The van der Waals surface area contributed by atoms with Crippen molar-refractivity contribution in [3.63, 3.8) is 0 Å². The van der Waals surface area contributed by atoms with Crippen molar-refractivity contribution in [1.82, 2.24) is 39.4 Å². The highest BCUT2D eigenvalue weighted by Gasteiger charge is 2.26. The smallest absolute Gasteiger partial charge is 0.246 e. The minimum atomic E-state index is 0.0722. The topological polar surface area (TPSA) is 114 Å². The number of benzene rings is 1. The van der Waals surface area contributed by atoms with E-state index < -0.39 is 0 Å². The van der Waals surface area contributed by atoms with Gasteiger partial charge in [0.05, 0.1) is 0 Å². The lowest BCUT2D eigenvalue weighted by atomic mass is 9.90. The van der Waals surface area contributed by atoms with E-state index in [1.165, 1.54) is 11.9 Å². The van der Waals surface area contributed by atoms with E-state index >= 15 is 0 Å². The molecular formula is C29H31N9O2. The van der Waals surface area contributed by atoms with E-state index in [1.54, 1.807) is 16.9 Å². The molecule has 0 aliphatic carbocycles. The summed E-state index contributed by atoms with van der Waals surface area (Å²) >= 11 is 0. The van der Waals surface area contributed by atoms with Crippen LogP contribution in [0.5, 0.6) is 11.5 Å². The molecule has 1 aliphatic heterocycles. The zero-order valence-electron chi connectivity index (χ0n) is 22.5. The molecule has 5 aromatic rings. The molecule has 1 aliphatic rings. The SMILES string of the molecule is CNC/C=C/C(=O)N1CCC(c2ccn3ncnc(Nc4ccc(Oc5ccn6ncnc6c5)c(C)c4)c23)CC1. The van der Waals surface area contributed by atoms with E-state index in [4.69, 9.17) is 4.74 Å². The van der Waals surface area contributed by atoms with Crippen LogP contribution >= 0.6 is 0 Å². The first-order valence-corrected chi connectivity index (χ1v) is 13.4. The molecule has 1 fully saturated rings. The lowest BCUT2D eigenvalue weighted by molar-refractivity contribution is -0.127. The van der Waals surface area contributed by atoms with Gasteiger partial charge in [0, 0.05) is 49.9 Å². The first kappa shape index (κ1) is 25.5. The molecule has 0 unspecified atom stereocenters. The highest BCUT2D eigenvalue weighted by atomic mass is 16.5. The molecule has 0 bridgehead atoms. The van der Waals surface area contributed by atoms with Gasteiger partial charge in [-0.05, 0) is 74.2 Å². The summed E-state index contributed by atoms with van der Waals surface area (Å²) in [6, 6.07) is 11.8. The molecule has 40 heavy (non-hydrogen) atoms. The van der Waals surface area contributed by atoms with Gasteiger partial charge in [0.2, 0.25) is 5.91 Å². The molecule has 0 atom stereocenters. The van der Waals surface area contributed by atoms with Crippen LogP contribution in [0.3, 0.4) is 0 Å². The number of fused-ring (bicyclic) bond motifs is 2. The van der Waals surface area contributed by atoms with Crippen LogP contribution < -0.4 is 15.4 Å². The zero-order chi connectivity index (χ0) is 27.5. The fourth-order valence-corrected chi connectivity index (χ4v) is 5.16. The van der Waals surface area contributed by atoms with Crippen molar-refractivity contribution in [2.45, 2.75) is 25.7 Å². The van der Waals surface area contributed by atoms with Crippen LogP contribution in [-0.2, 0) is 4.79 Å². The highest BCUT2D eigenvalue weighted by Crippen LogP contribution is 2.35. The van der Waals surface area contributed by atoms with Crippen molar-refractivity contribution in [2.75, 3.05) is 32.0 Å². The minimum Gasteiger partial charge on any atom is -0.457 e. The number of aryl methyl sites for hydroxylation is 1. The maximum atomic E-state index is 12.5. The normalized spacial score (nSPS) is 14.4. The fraction of sp³-hybridized carbons (Fsp3) is 0.276. The Morgan fingerprint density at radius 2 is 1.85 bits per heavy atom. The van der Waals surface area contributed by atoms with E-state index in [0.717, 1.165) is 59.9 Å². The average molecular weight is 538 g/mol. The standard InChI is InChI=1S/C29H31N9O2/c1-20-16-22(5-6-25(20)40-23-9-14-37-26(17-23)31-18-33-37)35-29-28-24(10-15-38(28)34-19-32-29)21-7-12-36(13-8-21)27(39)4-3-11-30-2/h3-6,9-10,14-19,21,30H,7-8,11-13H2,1-2H3,(H,32,34,35)/b4-3+. The second-order valence-corrected chi connectivity index (χ2v) is 9.87. The Morgan fingerprint density at radius 3 is 2.67 bits per heavy atom. The number of aromatic nitrogens is 6. The molecule has 0 radical (unpaired) electrons. The van der Waals surface area contributed by atoms with E-state index in [0.29, 0.717) is 18.2 Å². The number of nitrogens with one attached hydrogen (secondary N) is 2. The number of pyridine rings is 1. The Labute approximate surface area is 231 Å². The van der Waals surface area contributed by atoms with Crippen LogP contribution in [0.15, 0.2) is 73.6 Å². The number of anilines is 2. The number of carbonyl (C=O) groups excluding carboxylic acids is 1. The lowest BCUT2D eigenvalue weighted by Crippen LogP contribution is -2.37. The molecule has 5 heterocycles. The van der Waals surface area contributed by atoms with Gasteiger partial charge in [-0.15, -0.1) is 0 Å². The average Bonchev–Trinajstić information content (AvgIpc) is 3.62. The van der Waals surface area contributed by atoms with Gasteiger partial charge in [-0.1, -0.05) is 6.08 Å². The summed E-state index contributed by atoms with van der Waals surface area (Å²) in [4.78, 5) is 23.2. The molecule has 6 rings (SSSR count). The summed E-state index contributed by atoms with van der Waals surface area (Å²) in [6.07, 6.45) is 12.2. The van der Waals surface area contributed by atoms with Crippen LogP contribution in [0.25, 0.3) is 11.2 Å². The number of carbonyl (C=O) groups is 1. The number of hydrogen-bond donors (Lipinski definition) is 2. The van der Waals surface area contributed by atoms with Crippen LogP contribution in [0.1, 0.15) is 29.9 Å². The Hall–Kier alpha value is -4.77. The summed E-state index contributed by atoms with van der Waals surface area (Å²) < 4.78 is 9.69. The molecule has 0 saturated carbocycles. The van der Waals surface area contributed by atoms with Gasteiger partial charge >= 0.3 is 0 Å². The predicted molar refractivity (Wildman–Crippen MR) is 152 cm³/mol. The first-order valence-electron chi connectivity index (χ1n) is 13.4. The number of amides is 1. The largest absolute Gasteiger partial charge is 0.457 e. The van der Waals surface area contributed by atoms with E-state index in [9.17, 15) is 4.79 Å². The Bertz CT molecular complexity index is 1680. The number of nitrogens with zero attached hydrogens (tertiary/aromatic N) is 7. The van der Waals surface area contributed by atoms with Gasteiger partial charge in [0.15, 0.2) is 11.5 Å². The molecule has 1 saturated heterocycles. The monoisotopic (exact) mass is 537 g/mol. The van der Waals surface area contributed by atoms with E-state index in [1.807, 2.05) is 72.2 Å². The number of ether oxygens (including phenoxy) is 1. The summed E-state index contributed by atoms with van der Waals surface area (Å²) in [5.74, 6) is 2.59. The summed E-state index contributed by atoms with van der Waals surface area (Å²) in [5.41, 5.74) is 4.76. The third-order valence-corrected chi connectivity index (χ3v) is 7.23. The molecule has 204 valence electrons. The molecule has 1 aromatic carbocycles. The fourth-order valence-electron chi connectivity index (χ4n) is 5.16. The molecule has 4 aromatic heterocycles.